The van der Waals surface area contributed by atoms with Crippen molar-refractivity contribution >= 4 is 5.69 Å². The standard InChI is InChI=1S/C16H21FN2/c1-3-13-4-6-16(11-18,7-5-13)19-15-9-12(2)8-14(17)10-15/h8-10,13,19H,3-7H2,1-2H3. The highest BCUT2D eigenvalue weighted by Crippen LogP contribution is 2.36. The van der Waals surface area contributed by atoms with Crippen molar-refractivity contribution in [3.05, 3.63) is 29.6 Å². The summed E-state index contributed by atoms with van der Waals surface area (Å²) in [5.41, 5.74) is 1.07. The molecular formula is C16H21FN2. The number of hydrogen-bond acceptors (Lipinski definition) is 2. The number of benzene rings is 1. The van der Waals surface area contributed by atoms with Gasteiger partial charge in [-0.3, -0.25) is 0 Å². The molecule has 0 aromatic heterocycles. The Morgan fingerprint density at radius 1 is 1.37 bits per heavy atom. The van der Waals surface area contributed by atoms with Crippen LogP contribution >= 0.6 is 0 Å². The van der Waals surface area contributed by atoms with Gasteiger partial charge in [0.1, 0.15) is 11.4 Å². The van der Waals surface area contributed by atoms with Crippen LogP contribution in [-0.4, -0.2) is 5.54 Å². The molecule has 1 aromatic carbocycles. The third kappa shape index (κ3) is 3.26. The number of nitrogens with zero attached hydrogens (tertiary/aromatic N) is 1. The molecule has 1 N–H and O–H groups in total. The Hall–Kier alpha value is -1.56. The van der Waals surface area contributed by atoms with E-state index in [4.69, 9.17) is 0 Å². The van der Waals surface area contributed by atoms with Crippen molar-refractivity contribution in [2.75, 3.05) is 5.32 Å². The minimum absolute atomic E-state index is 0.252. The van der Waals surface area contributed by atoms with Crippen molar-refractivity contribution in [3.63, 3.8) is 0 Å². The van der Waals surface area contributed by atoms with E-state index in [1.165, 1.54) is 18.6 Å². The van der Waals surface area contributed by atoms with Crippen molar-refractivity contribution in [1.29, 1.82) is 5.26 Å². The Morgan fingerprint density at radius 3 is 2.58 bits per heavy atom. The first-order valence-electron chi connectivity index (χ1n) is 7.03. The number of anilines is 1. The molecular weight excluding hydrogens is 239 g/mol. The highest BCUT2D eigenvalue weighted by Gasteiger charge is 2.34. The minimum Gasteiger partial charge on any atom is -0.367 e. The van der Waals surface area contributed by atoms with Gasteiger partial charge in [-0.05, 0) is 62.3 Å². The second-order valence-corrected chi connectivity index (χ2v) is 5.69. The third-order valence-corrected chi connectivity index (χ3v) is 4.18. The van der Waals surface area contributed by atoms with E-state index < -0.39 is 5.54 Å². The van der Waals surface area contributed by atoms with Gasteiger partial charge >= 0.3 is 0 Å². The molecule has 0 heterocycles. The molecule has 1 saturated carbocycles. The molecule has 1 fully saturated rings. The molecule has 0 saturated heterocycles. The zero-order valence-electron chi connectivity index (χ0n) is 11.7. The number of aryl methyl sites for hydroxylation is 1. The summed E-state index contributed by atoms with van der Waals surface area (Å²) in [6.07, 6.45) is 5.02. The first-order chi connectivity index (χ1) is 9.07. The zero-order chi connectivity index (χ0) is 13.9. The van der Waals surface area contributed by atoms with Gasteiger partial charge in [0.15, 0.2) is 0 Å². The average molecular weight is 260 g/mol. The Kier molecular flexibility index (Phi) is 4.09. The summed E-state index contributed by atoms with van der Waals surface area (Å²) in [7, 11) is 0. The number of hydrogen-bond donors (Lipinski definition) is 1. The van der Waals surface area contributed by atoms with E-state index in [0.717, 1.165) is 37.2 Å². The lowest BCUT2D eigenvalue weighted by Crippen LogP contribution is -2.40. The molecule has 1 aliphatic carbocycles. The van der Waals surface area contributed by atoms with Gasteiger partial charge in [-0.25, -0.2) is 4.39 Å². The van der Waals surface area contributed by atoms with Crippen LogP contribution in [0.2, 0.25) is 0 Å². The molecule has 2 nitrogen and oxygen atoms in total. The number of rotatable bonds is 3. The summed E-state index contributed by atoms with van der Waals surface area (Å²) in [5.74, 6) is 0.482. The van der Waals surface area contributed by atoms with Crippen LogP contribution in [0.4, 0.5) is 10.1 Å². The van der Waals surface area contributed by atoms with Gasteiger partial charge in [0.05, 0.1) is 6.07 Å². The highest BCUT2D eigenvalue weighted by molar-refractivity contribution is 5.50. The molecule has 0 spiro atoms. The maximum atomic E-state index is 13.4. The Balaban J connectivity index is 2.13. The van der Waals surface area contributed by atoms with Gasteiger partial charge in [0, 0.05) is 5.69 Å². The predicted molar refractivity (Wildman–Crippen MR) is 75.4 cm³/mol. The lowest BCUT2D eigenvalue weighted by molar-refractivity contribution is 0.290. The fourth-order valence-corrected chi connectivity index (χ4v) is 2.93. The molecule has 102 valence electrons. The highest BCUT2D eigenvalue weighted by atomic mass is 19.1. The lowest BCUT2D eigenvalue weighted by Gasteiger charge is -2.36. The normalized spacial score (nSPS) is 26.7. The molecule has 0 unspecified atom stereocenters. The first-order valence-corrected chi connectivity index (χ1v) is 7.03. The van der Waals surface area contributed by atoms with Crippen LogP contribution in [0.25, 0.3) is 0 Å². The van der Waals surface area contributed by atoms with Gasteiger partial charge in [-0.1, -0.05) is 13.3 Å². The van der Waals surface area contributed by atoms with Gasteiger partial charge in [-0.2, -0.15) is 5.26 Å². The van der Waals surface area contributed by atoms with Crippen LogP contribution in [0.15, 0.2) is 18.2 Å². The molecule has 3 heteroatoms. The molecule has 0 radical (unpaired) electrons. The quantitative estimate of drug-likeness (QED) is 0.873. The van der Waals surface area contributed by atoms with Gasteiger partial charge in [0.25, 0.3) is 0 Å². The Labute approximate surface area is 114 Å². The summed E-state index contributed by atoms with van der Waals surface area (Å²) in [4.78, 5) is 0. The monoisotopic (exact) mass is 260 g/mol. The summed E-state index contributed by atoms with van der Waals surface area (Å²) < 4.78 is 13.4. The largest absolute Gasteiger partial charge is 0.367 e. The van der Waals surface area contributed by atoms with Gasteiger partial charge in [0.2, 0.25) is 0 Å². The van der Waals surface area contributed by atoms with E-state index in [1.54, 1.807) is 0 Å². The van der Waals surface area contributed by atoms with Crippen molar-refractivity contribution in [2.45, 2.75) is 51.5 Å². The Morgan fingerprint density at radius 2 is 2.05 bits per heavy atom. The molecule has 0 bridgehead atoms. The molecule has 0 aliphatic heterocycles. The van der Waals surface area contributed by atoms with Gasteiger partial charge in [-0.15, -0.1) is 0 Å². The van der Waals surface area contributed by atoms with Crippen LogP contribution in [0.3, 0.4) is 0 Å². The molecule has 1 aromatic rings. The topological polar surface area (TPSA) is 35.8 Å². The molecule has 0 atom stereocenters. The molecule has 1 aliphatic rings. The summed E-state index contributed by atoms with van der Waals surface area (Å²) in [6.45, 7) is 4.06. The number of nitriles is 1. The second kappa shape index (κ2) is 5.61. The SMILES string of the molecule is CCC1CCC(C#N)(Nc2cc(C)cc(F)c2)CC1. The van der Waals surface area contributed by atoms with Gasteiger partial charge < -0.3 is 5.32 Å². The van der Waals surface area contributed by atoms with Crippen molar-refractivity contribution in [3.8, 4) is 6.07 Å². The van der Waals surface area contributed by atoms with Crippen LogP contribution in [-0.2, 0) is 0 Å². The maximum Gasteiger partial charge on any atom is 0.125 e. The average Bonchev–Trinajstić information content (AvgIpc) is 2.38. The van der Waals surface area contributed by atoms with E-state index in [1.807, 2.05) is 13.0 Å². The van der Waals surface area contributed by atoms with Crippen molar-refractivity contribution in [1.82, 2.24) is 0 Å². The van der Waals surface area contributed by atoms with E-state index >= 15 is 0 Å². The van der Waals surface area contributed by atoms with Crippen LogP contribution in [0.1, 0.15) is 44.6 Å². The van der Waals surface area contributed by atoms with Crippen LogP contribution in [0, 0.1) is 30.0 Å². The minimum atomic E-state index is -0.522. The van der Waals surface area contributed by atoms with Crippen molar-refractivity contribution < 1.29 is 4.39 Å². The number of nitrogens with one attached hydrogen (secondary N) is 1. The number of halogens is 1. The summed E-state index contributed by atoms with van der Waals surface area (Å²) >= 11 is 0. The lowest BCUT2D eigenvalue weighted by atomic mass is 9.76. The Bertz CT molecular complexity index is 462. The van der Waals surface area contributed by atoms with E-state index in [0.29, 0.717) is 5.69 Å². The smallest absolute Gasteiger partial charge is 0.125 e. The third-order valence-electron chi connectivity index (χ3n) is 4.18. The second-order valence-electron chi connectivity index (χ2n) is 5.69. The summed E-state index contributed by atoms with van der Waals surface area (Å²) in [5, 5.41) is 12.8. The predicted octanol–water partition coefficient (Wildman–Crippen LogP) is 4.41. The van der Waals surface area contributed by atoms with Crippen molar-refractivity contribution in [2.24, 2.45) is 5.92 Å². The van der Waals surface area contributed by atoms with E-state index in [2.05, 4.69) is 18.3 Å². The summed E-state index contributed by atoms with van der Waals surface area (Å²) in [6, 6.07) is 7.28. The molecule has 0 amide bonds. The molecule has 2 rings (SSSR count). The fraction of sp³-hybridized carbons (Fsp3) is 0.562. The van der Waals surface area contributed by atoms with E-state index in [-0.39, 0.29) is 5.82 Å². The first kappa shape index (κ1) is 13.9. The maximum absolute atomic E-state index is 13.4. The van der Waals surface area contributed by atoms with E-state index in [9.17, 15) is 9.65 Å². The molecule has 19 heavy (non-hydrogen) atoms. The van der Waals surface area contributed by atoms with Crippen LogP contribution < -0.4 is 5.32 Å². The van der Waals surface area contributed by atoms with Crippen LogP contribution in [0.5, 0.6) is 0 Å². The fourth-order valence-electron chi connectivity index (χ4n) is 2.93. The zero-order valence-corrected chi connectivity index (χ0v) is 11.7.